The predicted octanol–water partition coefficient (Wildman–Crippen LogP) is 2.02. The molecular weight excluding hydrogens is 322 g/mol. The highest BCUT2D eigenvalue weighted by Crippen LogP contribution is 2.17. The Kier molecular flexibility index (Phi) is 4.62. The van der Waals surface area contributed by atoms with E-state index >= 15 is 0 Å². The molecule has 2 aromatic heterocycles. The molecule has 6 nitrogen and oxygen atoms in total. The summed E-state index contributed by atoms with van der Waals surface area (Å²) >= 11 is 1.57. The molecule has 4 heterocycles. The monoisotopic (exact) mass is 345 g/mol. The van der Waals surface area contributed by atoms with Gasteiger partial charge in [-0.1, -0.05) is 6.42 Å². The maximum Gasteiger partial charge on any atom is 0.254 e. The van der Waals surface area contributed by atoms with Crippen LogP contribution in [0, 0.1) is 0 Å². The largest absolute Gasteiger partial charge is 0.336 e. The van der Waals surface area contributed by atoms with E-state index in [1.54, 1.807) is 11.3 Å². The topological polar surface area (TPSA) is 54.3 Å². The number of nitrogens with zero attached hydrogens (tertiary/aromatic N) is 5. The van der Waals surface area contributed by atoms with Gasteiger partial charge >= 0.3 is 0 Å². The highest BCUT2D eigenvalue weighted by molar-refractivity contribution is 7.08. The molecule has 0 bridgehead atoms. The first-order valence-corrected chi connectivity index (χ1v) is 9.70. The number of aryl methyl sites for hydroxylation is 1. The summed E-state index contributed by atoms with van der Waals surface area (Å²) in [6.07, 6.45) is 4.78. The second-order valence-electron chi connectivity index (χ2n) is 6.58. The molecule has 0 N–H and O–H groups in total. The zero-order valence-electron chi connectivity index (χ0n) is 13.9. The van der Waals surface area contributed by atoms with Crippen molar-refractivity contribution >= 4 is 17.2 Å². The molecule has 2 aliphatic rings. The summed E-state index contributed by atoms with van der Waals surface area (Å²) in [5, 5.41) is 12.7. The van der Waals surface area contributed by atoms with E-state index in [4.69, 9.17) is 0 Å². The van der Waals surface area contributed by atoms with Crippen molar-refractivity contribution in [1.29, 1.82) is 0 Å². The number of hydrogen-bond acceptors (Lipinski definition) is 5. The maximum atomic E-state index is 12.4. The Morgan fingerprint density at radius 3 is 2.75 bits per heavy atom. The van der Waals surface area contributed by atoms with E-state index in [9.17, 15) is 4.79 Å². The van der Waals surface area contributed by atoms with Crippen molar-refractivity contribution in [1.82, 2.24) is 24.6 Å². The summed E-state index contributed by atoms with van der Waals surface area (Å²) in [6.45, 7) is 5.27. The fourth-order valence-electron chi connectivity index (χ4n) is 3.54. The van der Waals surface area contributed by atoms with Crippen molar-refractivity contribution < 1.29 is 4.79 Å². The van der Waals surface area contributed by atoms with Crippen molar-refractivity contribution in [2.75, 3.05) is 26.2 Å². The number of thiophene rings is 1. The van der Waals surface area contributed by atoms with E-state index in [0.717, 1.165) is 62.9 Å². The van der Waals surface area contributed by atoms with E-state index in [1.165, 1.54) is 19.3 Å². The zero-order valence-corrected chi connectivity index (χ0v) is 14.7. The van der Waals surface area contributed by atoms with Crippen molar-refractivity contribution in [3.63, 3.8) is 0 Å². The first kappa shape index (κ1) is 15.8. The minimum atomic E-state index is 0.159. The van der Waals surface area contributed by atoms with Gasteiger partial charge in [-0.15, -0.1) is 10.2 Å². The van der Waals surface area contributed by atoms with Gasteiger partial charge < -0.3 is 9.47 Å². The second kappa shape index (κ2) is 7.03. The molecule has 0 spiro atoms. The first-order valence-electron chi connectivity index (χ1n) is 8.76. The summed E-state index contributed by atoms with van der Waals surface area (Å²) in [4.78, 5) is 16.8. The Bertz CT molecular complexity index is 688. The fraction of sp³-hybridized carbons (Fsp3) is 0.588. The molecule has 0 saturated carbocycles. The average Bonchev–Trinajstić information content (AvgIpc) is 3.21. The Morgan fingerprint density at radius 2 is 1.96 bits per heavy atom. The van der Waals surface area contributed by atoms with Gasteiger partial charge in [0.05, 0.1) is 12.1 Å². The van der Waals surface area contributed by atoms with E-state index in [1.807, 2.05) is 21.7 Å². The van der Waals surface area contributed by atoms with E-state index in [0.29, 0.717) is 0 Å². The van der Waals surface area contributed by atoms with Gasteiger partial charge in [-0.3, -0.25) is 9.69 Å². The molecule has 0 radical (unpaired) electrons. The van der Waals surface area contributed by atoms with Crippen LogP contribution >= 0.6 is 11.3 Å². The zero-order chi connectivity index (χ0) is 16.4. The Labute approximate surface area is 146 Å². The van der Waals surface area contributed by atoms with Crippen LogP contribution in [0.5, 0.6) is 0 Å². The molecule has 2 aliphatic heterocycles. The number of hydrogen-bond donors (Lipinski definition) is 0. The van der Waals surface area contributed by atoms with Crippen molar-refractivity contribution in [3.05, 3.63) is 34.0 Å². The van der Waals surface area contributed by atoms with Crippen molar-refractivity contribution in [2.45, 2.75) is 38.8 Å². The van der Waals surface area contributed by atoms with Gasteiger partial charge in [0.15, 0.2) is 0 Å². The molecule has 7 heteroatoms. The lowest BCUT2D eigenvalue weighted by molar-refractivity contribution is 0.0624. The molecule has 1 fully saturated rings. The second-order valence-corrected chi connectivity index (χ2v) is 7.36. The third kappa shape index (κ3) is 3.23. The molecule has 1 amide bonds. The van der Waals surface area contributed by atoms with Crippen LogP contribution in [-0.4, -0.2) is 56.7 Å². The SMILES string of the molecule is O=C(c1ccsc1)N1CCN(Cc2nnc3n2CCCCC3)CC1. The van der Waals surface area contributed by atoms with Crippen LogP contribution in [0.4, 0.5) is 0 Å². The van der Waals surface area contributed by atoms with E-state index in [-0.39, 0.29) is 5.91 Å². The summed E-state index contributed by atoms with van der Waals surface area (Å²) in [6, 6.07) is 1.91. The van der Waals surface area contributed by atoms with Crippen LogP contribution < -0.4 is 0 Å². The van der Waals surface area contributed by atoms with Crippen LogP contribution in [-0.2, 0) is 19.5 Å². The third-order valence-electron chi connectivity index (χ3n) is 4.98. The smallest absolute Gasteiger partial charge is 0.254 e. The third-order valence-corrected chi connectivity index (χ3v) is 5.66. The summed E-state index contributed by atoms with van der Waals surface area (Å²) < 4.78 is 2.32. The number of fused-ring (bicyclic) bond motifs is 1. The van der Waals surface area contributed by atoms with E-state index in [2.05, 4.69) is 19.7 Å². The minimum absolute atomic E-state index is 0.159. The van der Waals surface area contributed by atoms with E-state index < -0.39 is 0 Å². The van der Waals surface area contributed by atoms with Crippen LogP contribution in [0.1, 0.15) is 41.3 Å². The van der Waals surface area contributed by atoms with Gasteiger partial charge in [0.1, 0.15) is 11.6 Å². The minimum Gasteiger partial charge on any atom is -0.336 e. The molecule has 0 unspecified atom stereocenters. The molecule has 0 aromatic carbocycles. The van der Waals surface area contributed by atoms with Gasteiger partial charge in [-0.2, -0.15) is 11.3 Å². The van der Waals surface area contributed by atoms with Gasteiger partial charge in [0.25, 0.3) is 5.91 Å². The molecule has 4 rings (SSSR count). The number of rotatable bonds is 3. The lowest BCUT2D eigenvalue weighted by Gasteiger charge is -2.34. The van der Waals surface area contributed by atoms with Crippen molar-refractivity contribution in [3.8, 4) is 0 Å². The molecule has 1 saturated heterocycles. The molecule has 0 aliphatic carbocycles. The summed E-state index contributed by atoms with van der Waals surface area (Å²) in [5.74, 6) is 2.39. The number of carbonyl (C=O) groups is 1. The predicted molar refractivity (Wildman–Crippen MR) is 93.1 cm³/mol. The van der Waals surface area contributed by atoms with Gasteiger partial charge in [0.2, 0.25) is 0 Å². The Morgan fingerprint density at radius 1 is 1.08 bits per heavy atom. The molecule has 128 valence electrons. The normalized spacial score (nSPS) is 19.1. The lowest BCUT2D eigenvalue weighted by Crippen LogP contribution is -2.48. The molecule has 2 aromatic rings. The van der Waals surface area contributed by atoms with Gasteiger partial charge in [-0.25, -0.2) is 0 Å². The van der Waals surface area contributed by atoms with Gasteiger partial charge in [-0.05, 0) is 24.3 Å². The first-order chi connectivity index (χ1) is 11.8. The number of carbonyl (C=O) groups excluding carboxylic acids is 1. The van der Waals surface area contributed by atoms with Gasteiger partial charge in [0, 0.05) is 44.5 Å². The quantitative estimate of drug-likeness (QED) is 0.854. The fourth-order valence-corrected chi connectivity index (χ4v) is 4.17. The highest BCUT2D eigenvalue weighted by Gasteiger charge is 2.24. The van der Waals surface area contributed by atoms with Crippen LogP contribution in [0.15, 0.2) is 16.8 Å². The standard InChI is InChI=1S/C17H23N5OS/c23-17(14-5-11-24-13-14)21-9-7-20(8-10-21)12-16-19-18-15-4-2-1-3-6-22(15)16/h5,11,13H,1-4,6-10,12H2. The Hall–Kier alpha value is -1.73. The molecule has 0 atom stereocenters. The summed E-state index contributed by atoms with van der Waals surface area (Å²) in [7, 11) is 0. The van der Waals surface area contributed by atoms with Crippen molar-refractivity contribution in [2.24, 2.45) is 0 Å². The van der Waals surface area contributed by atoms with Crippen LogP contribution in [0.3, 0.4) is 0 Å². The number of piperazine rings is 1. The highest BCUT2D eigenvalue weighted by atomic mass is 32.1. The summed E-state index contributed by atoms with van der Waals surface area (Å²) in [5.41, 5.74) is 0.816. The van der Waals surface area contributed by atoms with Crippen LogP contribution in [0.25, 0.3) is 0 Å². The Balaban J connectivity index is 1.35. The number of amides is 1. The average molecular weight is 345 g/mol. The number of aromatic nitrogens is 3. The maximum absolute atomic E-state index is 12.4. The lowest BCUT2D eigenvalue weighted by atomic mass is 10.2. The molecule has 24 heavy (non-hydrogen) atoms. The van der Waals surface area contributed by atoms with Crippen LogP contribution in [0.2, 0.25) is 0 Å². The molecular formula is C17H23N5OS.